The Bertz CT molecular complexity index is 1060. The Morgan fingerprint density at radius 1 is 1.10 bits per heavy atom. The molecule has 4 rings (SSSR count). The van der Waals surface area contributed by atoms with Crippen molar-refractivity contribution in [2.45, 2.75) is 51.9 Å². The topological polar surface area (TPSA) is 102 Å². The Kier molecular flexibility index (Phi) is 6.36. The summed E-state index contributed by atoms with van der Waals surface area (Å²) in [6.45, 7) is 4.61. The first kappa shape index (κ1) is 21.9. The number of hydrogen-bond donors (Lipinski definition) is 1. The van der Waals surface area contributed by atoms with Gasteiger partial charge in [-0.3, -0.25) is 9.78 Å². The number of pyridine rings is 1. The average Bonchev–Trinajstić information content (AvgIpc) is 3.13. The molecule has 0 bridgehead atoms. The summed E-state index contributed by atoms with van der Waals surface area (Å²) < 4.78 is 23.2. The van der Waals surface area contributed by atoms with Crippen LogP contribution >= 0.6 is 0 Å². The Morgan fingerprint density at radius 2 is 1.87 bits per heavy atom. The molecule has 0 radical (unpaired) electrons. The van der Waals surface area contributed by atoms with Crippen LogP contribution in [0.1, 0.15) is 55.1 Å². The minimum absolute atomic E-state index is 0.00413. The van der Waals surface area contributed by atoms with E-state index in [9.17, 15) is 13.2 Å². The third-order valence-electron chi connectivity index (χ3n) is 6.65. The van der Waals surface area contributed by atoms with Gasteiger partial charge in [0.05, 0.1) is 23.1 Å². The van der Waals surface area contributed by atoms with Crippen LogP contribution < -0.4 is 5.32 Å². The predicted octanol–water partition coefficient (Wildman–Crippen LogP) is 2.98. The standard InChI is InChI=1S/C23H30N4O3S/c1-15-11-24-9-7-20(15)21-13-25-16(2)27-22(21)18-5-3-17(4-6-18)12-26-23(28)19-8-10-31(29,30)14-19/h7,9,11,13,17-19H,3-6,8,10,12,14H2,1-2H3,(H,26,28)/t17?,18?,19-/m0/s1. The Hall–Kier alpha value is -2.35. The largest absolute Gasteiger partial charge is 0.356 e. The lowest BCUT2D eigenvalue weighted by Gasteiger charge is -2.30. The highest BCUT2D eigenvalue weighted by atomic mass is 32.2. The number of nitrogens with one attached hydrogen (secondary N) is 1. The van der Waals surface area contributed by atoms with Crippen molar-refractivity contribution >= 4 is 15.7 Å². The van der Waals surface area contributed by atoms with E-state index >= 15 is 0 Å². The molecule has 166 valence electrons. The third kappa shape index (κ3) is 5.11. The van der Waals surface area contributed by atoms with Crippen molar-refractivity contribution < 1.29 is 13.2 Å². The molecule has 2 aromatic heterocycles. The van der Waals surface area contributed by atoms with Gasteiger partial charge in [0, 0.05) is 36.6 Å². The van der Waals surface area contributed by atoms with Gasteiger partial charge in [0.1, 0.15) is 5.82 Å². The molecule has 1 aliphatic carbocycles. The lowest BCUT2D eigenvalue weighted by atomic mass is 9.78. The Labute approximate surface area is 184 Å². The van der Waals surface area contributed by atoms with Gasteiger partial charge in [0.15, 0.2) is 9.84 Å². The molecule has 0 unspecified atom stereocenters. The first-order valence-corrected chi connectivity index (χ1v) is 12.9. The Morgan fingerprint density at radius 3 is 2.55 bits per heavy atom. The first-order valence-electron chi connectivity index (χ1n) is 11.0. The minimum Gasteiger partial charge on any atom is -0.356 e. The average molecular weight is 443 g/mol. The maximum atomic E-state index is 12.3. The molecule has 1 aliphatic heterocycles. The highest BCUT2D eigenvalue weighted by molar-refractivity contribution is 7.91. The van der Waals surface area contributed by atoms with Gasteiger partial charge >= 0.3 is 0 Å². The molecule has 0 spiro atoms. The molecule has 7 nitrogen and oxygen atoms in total. The highest BCUT2D eigenvalue weighted by Crippen LogP contribution is 2.39. The van der Waals surface area contributed by atoms with E-state index in [4.69, 9.17) is 4.98 Å². The maximum Gasteiger partial charge on any atom is 0.224 e. The molecule has 31 heavy (non-hydrogen) atoms. The number of carbonyl (C=O) groups excluding carboxylic acids is 1. The second-order valence-electron chi connectivity index (χ2n) is 8.97. The molecule has 2 fully saturated rings. The second kappa shape index (κ2) is 9.02. The number of aryl methyl sites for hydroxylation is 2. The van der Waals surface area contributed by atoms with Crippen molar-refractivity contribution in [1.82, 2.24) is 20.3 Å². The SMILES string of the molecule is Cc1ncc(-c2ccncc2C)c(C2CCC(CNC(=O)[C@H]3CCS(=O)(=O)C3)CC2)n1. The normalized spacial score (nSPS) is 25.3. The number of nitrogens with zero attached hydrogens (tertiary/aromatic N) is 3. The summed E-state index contributed by atoms with van der Waals surface area (Å²) in [6, 6.07) is 2.03. The van der Waals surface area contributed by atoms with E-state index in [2.05, 4.69) is 22.2 Å². The van der Waals surface area contributed by atoms with Gasteiger partial charge < -0.3 is 5.32 Å². The fourth-order valence-electron chi connectivity index (χ4n) is 4.81. The van der Waals surface area contributed by atoms with Gasteiger partial charge in [-0.1, -0.05) is 0 Å². The monoisotopic (exact) mass is 442 g/mol. The molecule has 1 saturated heterocycles. The quantitative estimate of drug-likeness (QED) is 0.764. The maximum absolute atomic E-state index is 12.3. The molecule has 8 heteroatoms. The zero-order chi connectivity index (χ0) is 22.0. The van der Waals surface area contributed by atoms with E-state index in [1.54, 1.807) is 6.20 Å². The number of hydrogen-bond acceptors (Lipinski definition) is 6. The van der Waals surface area contributed by atoms with Crippen molar-refractivity contribution in [3.63, 3.8) is 0 Å². The lowest BCUT2D eigenvalue weighted by Crippen LogP contribution is -2.36. The fourth-order valence-corrected chi connectivity index (χ4v) is 6.55. The summed E-state index contributed by atoms with van der Waals surface area (Å²) in [7, 11) is -3.03. The molecule has 1 saturated carbocycles. The summed E-state index contributed by atoms with van der Waals surface area (Å²) in [5, 5.41) is 3.00. The summed E-state index contributed by atoms with van der Waals surface area (Å²) in [5.74, 6) is 1.22. The van der Waals surface area contributed by atoms with Gasteiger partial charge in [-0.25, -0.2) is 18.4 Å². The summed E-state index contributed by atoms with van der Waals surface area (Å²) in [5.41, 5.74) is 4.44. The lowest BCUT2D eigenvalue weighted by molar-refractivity contribution is -0.124. The van der Waals surface area contributed by atoms with Crippen LogP contribution in [0.15, 0.2) is 24.7 Å². The van der Waals surface area contributed by atoms with Crippen LogP contribution in [0.5, 0.6) is 0 Å². The zero-order valence-corrected chi connectivity index (χ0v) is 19.0. The molecule has 1 atom stereocenters. The summed E-state index contributed by atoms with van der Waals surface area (Å²) in [4.78, 5) is 25.8. The van der Waals surface area contributed by atoms with Crippen LogP contribution in [0.4, 0.5) is 0 Å². The molecule has 1 N–H and O–H groups in total. The number of carbonyl (C=O) groups is 1. The van der Waals surface area contributed by atoms with Gasteiger partial charge in [-0.15, -0.1) is 0 Å². The van der Waals surface area contributed by atoms with Gasteiger partial charge in [-0.05, 0) is 69.1 Å². The zero-order valence-electron chi connectivity index (χ0n) is 18.2. The second-order valence-corrected chi connectivity index (χ2v) is 11.2. The van der Waals surface area contributed by atoms with Gasteiger partial charge in [-0.2, -0.15) is 0 Å². The van der Waals surface area contributed by atoms with Crippen LogP contribution in [0.3, 0.4) is 0 Å². The minimum atomic E-state index is -3.03. The van der Waals surface area contributed by atoms with E-state index < -0.39 is 9.84 Å². The number of aromatic nitrogens is 3. The fraction of sp³-hybridized carbons (Fsp3) is 0.565. The van der Waals surface area contributed by atoms with E-state index in [0.717, 1.165) is 53.9 Å². The van der Waals surface area contributed by atoms with E-state index in [1.807, 2.05) is 25.4 Å². The van der Waals surface area contributed by atoms with Crippen molar-refractivity contribution in [3.8, 4) is 11.1 Å². The molecule has 0 aromatic carbocycles. The van der Waals surface area contributed by atoms with E-state index in [1.165, 1.54) is 0 Å². The molecule has 1 amide bonds. The first-order chi connectivity index (χ1) is 14.8. The van der Waals surface area contributed by atoms with Gasteiger partial charge in [0.2, 0.25) is 5.91 Å². The van der Waals surface area contributed by atoms with Crippen molar-refractivity contribution in [3.05, 3.63) is 41.7 Å². The third-order valence-corrected chi connectivity index (χ3v) is 8.42. The van der Waals surface area contributed by atoms with E-state index in [-0.39, 0.29) is 23.3 Å². The van der Waals surface area contributed by atoms with Crippen molar-refractivity contribution in [1.29, 1.82) is 0 Å². The van der Waals surface area contributed by atoms with Crippen LogP contribution in [-0.2, 0) is 14.6 Å². The van der Waals surface area contributed by atoms with Gasteiger partial charge in [0.25, 0.3) is 0 Å². The molecular weight excluding hydrogens is 412 g/mol. The summed E-state index contributed by atoms with van der Waals surface area (Å²) >= 11 is 0. The van der Waals surface area contributed by atoms with Crippen LogP contribution in [-0.4, -0.2) is 47.3 Å². The molecule has 2 aromatic rings. The molecular formula is C23H30N4O3S. The number of sulfone groups is 1. The predicted molar refractivity (Wildman–Crippen MR) is 119 cm³/mol. The number of amides is 1. The highest BCUT2D eigenvalue weighted by Gasteiger charge is 2.33. The van der Waals surface area contributed by atoms with Crippen LogP contribution in [0, 0.1) is 25.7 Å². The molecule has 3 heterocycles. The van der Waals surface area contributed by atoms with Crippen molar-refractivity contribution in [2.75, 3.05) is 18.1 Å². The van der Waals surface area contributed by atoms with E-state index in [0.29, 0.717) is 24.8 Å². The summed E-state index contributed by atoms with van der Waals surface area (Å²) in [6.07, 6.45) is 10.1. The van der Waals surface area contributed by atoms with Crippen LogP contribution in [0.25, 0.3) is 11.1 Å². The molecule has 2 aliphatic rings. The number of rotatable bonds is 5. The Balaban J connectivity index is 1.38. The smallest absolute Gasteiger partial charge is 0.224 e. The van der Waals surface area contributed by atoms with Crippen molar-refractivity contribution in [2.24, 2.45) is 11.8 Å². The van der Waals surface area contributed by atoms with Crippen LogP contribution in [0.2, 0.25) is 0 Å².